The number of unbranched alkanes of at least 4 members (excludes halogenated alkanes) is 2. The minimum Gasteiger partial charge on any atom is -0.369 e. The van der Waals surface area contributed by atoms with Crippen LogP contribution in [0.5, 0.6) is 0 Å². The fourth-order valence-electron chi connectivity index (χ4n) is 2.16. The molecule has 9 heteroatoms. The number of hydroxylamine groups is 1. The van der Waals surface area contributed by atoms with E-state index in [1.165, 1.54) is 23.1 Å². The number of hydrogen-bond donors (Lipinski definition) is 3. The van der Waals surface area contributed by atoms with E-state index in [1.807, 2.05) is 12.1 Å². The quantitative estimate of drug-likeness (QED) is 0.265. The molecule has 4 N–H and O–H groups in total. The van der Waals surface area contributed by atoms with Gasteiger partial charge >= 0.3 is 0 Å². The van der Waals surface area contributed by atoms with E-state index in [-0.39, 0.29) is 17.6 Å². The predicted molar refractivity (Wildman–Crippen MR) is 96.5 cm³/mol. The second-order valence-corrected chi connectivity index (χ2v) is 8.15. The molecule has 2 aromatic rings. The molecule has 2 amide bonds. The first kappa shape index (κ1) is 19.0. The highest BCUT2D eigenvalue weighted by Crippen LogP contribution is 2.34. The van der Waals surface area contributed by atoms with E-state index in [2.05, 4.69) is 4.98 Å². The third-order valence-electron chi connectivity index (χ3n) is 3.39. The van der Waals surface area contributed by atoms with Crippen molar-refractivity contribution in [1.82, 2.24) is 10.5 Å². The maximum absolute atomic E-state index is 11.7. The molecule has 6 nitrogen and oxygen atoms in total. The highest BCUT2D eigenvalue weighted by molar-refractivity contribution is 8.02. The lowest BCUT2D eigenvalue weighted by molar-refractivity contribution is -0.129. The Morgan fingerprint density at radius 1 is 1.38 bits per heavy atom. The number of carbonyl (C=O) groups is 2. The van der Waals surface area contributed by atoms with Crippen LogP contribution in [0.25, 0.3) is 10.2 Å². The summed E-state index contributed by atoms with van der Waals surface area (Å²) in [5, 5.41) is 8.72. The Labute approximate surface area is 152 Å². The molecule has 1 unspecified atom stereocenters. The summed E-state index contributed by atoms with van der Waals surface area (Å²) < 4.78 is 1.76. The van der Waals surface area contributed by atoms with Crippen molar-refractivity contribution in [2.45, 2.75) is 41.7 Å². The molecule has 1 aromatic carbocycles. The van der Waals surface area contributed by atoms with E-state index < -0.39 is 5.91 Å². The number of nitrogens with one attached hydrogen (secondary N) is 1. The fourth-order valence-corrected chi connectivity index (χ4v) is 4.74. The van der Waals surface area contributed by atoms with Gasteiger partial charge in [0.1, 0.15) is 0 Å². The van der Waals surface area contributed by atoms with E-state index in [0.29, 0.717) is 17.9 Å². The normalized spacial score (nSPS) is 12.2. The van der Waals surface area contributed by atoms with Gasteiger partial charge in [0.05, 0.1) is 15.5 Å². The number of amides is 2. The van der Waals surface area contributed by atoms with Gasteiger partial charge in [0, 0.05) is 11.4 Å². The van der Waals surface area contributed by atoms with Crippen LogP contribution in [0.4, 0.5) is 0 Å². The Hall–Kier alpha value is -1.35. The average molecular weight is 388 g/mol. The van der Waals surface area contributed by atoms with Crippen molar-refractivity contribution in [2.24, 2.45) is 5.73 Å². The summed E-state index contributed by atoms with van der Waals surface area (Å²) in [4.78, 5) is 27.1. The first-order valence-corrected chi connectivity index (χ1v) is 9.52. The summed E-state index contributed by atoms with van der Waals surface area (Å²) in [6.07, 6.45) is 3.10. The van der Waals surface area contributed by atoms with E-state index in [0.717, 1.165) is 27.4 Å². The second-order valence-electron chi connectivity index (χ2n) is 5.23. The summed E-state index contributed by atoms with van der Waals surface area (Å²) in [5.74, 6) is -0.769. The highest BCUT2D eigenvalue weighted by Gasteiger charge is 2.19. The number of halogens is 1. The maximum Gasteiger partial charge on any atom is 0.243 e. The number of hydrogen-bond acceptors (Lipinski definition) is 6. The monoisotopic (exact) mass is 387 g/mol. The van der Waals surface area contributed by atoms with Crippen LogP contribution in [0, 0.1) is 0 Å². The van der Waals surface area contributed by atoms with Gasteiger partial charge in [-0.15, -0.1) is 11.3 Å². The molecule has 130 valence electrons. The predicted octanol–water partition coefficient (Wildman–Crippen LogP) is 3.35. The molecule has 0 radical (unpaired) electrons. The zero-order valence-electron chi connectivity index (χ0n) is 12.8. The van der Waals surface area contributed by atoms with E-state index in [9.17, 15) is 9.59 Å². The Balaban J connectivity index is 1.88. The van der Waals surface area contributed by atoms with Crippen LogP contribution >= 0.6 is 34.7 Å². The van der Waals surface area contributed by atoms with Gasteiger partial charge in [0.15, 0.2) is 4.34 Å². The number of benzene rings is 1. The van der Waals surface area contributed by atoms with Crippen molar-refractivity contribution in [2.75, 3.05) is 0 Å². The Morgan fingerprint density at radius 2 is 2.17 bits per heavy atom. The molecule has 0 saturated carbocycles. The van der Waals surface area contributed by atoms with Crippen LogP contribution in [-0.4, -0.2) is 27.3 Å². The Kier molecular flexibility index (Phi) is 7.29. The number of thiazole rings is 1. The van der Waals surface area contributed by atoms with Gasteiger partial charge in [-0.3, -0.25) is 14.8 Å². The number of aromatic nitrogens is 1. The smallest absolute Gasteiger partial charge is 0.243 e. The van der Waals surface area contributed by atoms with Gasteiger partial charge in [0.25, 0.3) is 0 Å². The lowest BCUT2D eigenvalue weighted by atomic mass is 10.1. The average Bonchev–Trinajstić information content (AvgIpc) is 2.94. The maximum atomic E-state index is 11.7. The largest absolute Gasteiger partial charge is 0.369 e. The summed E-state index contributed by atoms with van der Waals surface area (Å²) >= 11 is 8.82. The molecule has 0 aliphatic heterocycles. The first-order valence-electron chi connectivity index (χ1n) is 7.44. The van der Waals surface area contributed by atoms with Gasteiger partial charge in [-0.05, 0) is 31.0 Å². The van der Waals surface area contributed by atoms with Gasteiger partial charge < -0.3 is 5.73 Å². The molecule has 2 rings (SSSR count). The van der Waals surface area contributed by atoms with E-state index in [4.69, 9.17) is 22.5 Å². The van der Waals surface area contributed by atoms with Gasteiger partial charge in [0.2, 0.25) is 11.8 Å². The highest BCUT2D eigenvalue weighted by atomic mass is 35.5. The second kappa shape index (κ2) is 9.22. The number of carbonyl (C=O) groups excluding carboxylic acids is 2. The summed E-state index contributed by atoms with van der Waals surface area (Å²) in [6, 6.07) is 5.49. The number of thioether (sulfide) groups is 1. The van der Waals surface area contributed by atoms with Crippen LogP contribution in [0.15, 0.2) is 22.5 Å². The number of nitrogens with two attached hydrogens (primary N) is 1. The molecule has 1 atom stereocenters. The van der Waals surface area contributed by atoms with Gasteiger partial charge in [-0.1, -0.05) is 36.2 Å². The molecule has 0 bridgehead atoms. The number of nitrogens with zero attached hydrogens (tertiary/aromatic N) is 1. The van der Waals surface area contributed by atoms with E-state index >= 15 is 0 Å². The number of fused-ring (bicyclic) bond motifs is 1. The van der Waals surface area contributed by atoms with Crippen molar-refractivity contribution in [1.29, 1.82) is 0 Å². The zero-order valence-corrected chi connectivity index (χ0v) is 15.2. The lowest BCUT2D eigenvalue weighted by Crippen LogP contribution is -2.25. The van der Waals surface area contributed by atoms with Crippen LogP contribution < -0.4 is 11.2 Å². The lowest BCUT2D eigenvalue weighted by Gasteiger charge is -2.10. The molecule has 0 saturated heterocycles. The number of primary amides is 1. The minimum absolute atomic E-state index is 0.267. The first-order chi connectivity index (χ1) is 11.5. The molecule has 0 aliphatic rings. The molecule has 24 heavy (non-hydrogen) atoms. The molecule has 1 heterocycles. The minimum atomic E-state index is -0.399. The molecular weight excluding hydrogens is 370 g/mol. The zero-order chi connectivity index (χ0) is 17.5. The van der Waals surface area contributed by atoms with Crippen molar-refractivity contribution in [3.8, 4) is 0 Å². The molecule has 0 aliphatic carbocycles. The van der Waals surface area contributed by atoms with Crippen molar-refractivity contribution < 1.29 is 14.8 Å². The summed E-state index contributed by atoms with van der Waals surface area (Å²) in [7, 11) is 0. The Bertz CT molecular complexity index is 723. The molecular formula is C15H18ClN3O3S2. The summed E-state index contributed by atoms with van der Waals surface area (Å²) in [6.45, 7) is 0. The fraction of sp³-hybridized carbons (Fsp3) is 0.400. The SMILES string of the molecule is NC(=O)C(CCCCCC(=O)NO)Sc1nc2ccc(Cl)cc2s1. The van der Waals surface area contributed by atoms with Crippen LogP contribution in [0.2, 0.25) is 5.02 Å². The summed E-state index contributed by atoms with van der Waals surface area (Å²) in [5.41, 5.74) is 7.94. The number of rotatable bonds is 9. The van der Waals surface area contributed by atoms with Crippen LogP contribution in [0.3, 0.4) is 0 Å². The van der Waals surface area contributed by atoms with Gasteiger partial charge in [-0.25, -0.2) is 10.5 Å². The molecule has 1 aromatic heterocycles. The third kappa shape index (κ3) is 5.62. The Morgan fingerprint density at radius 3 is 2.88 bits per heavy atom. The molecule has 0 spiro atoms. The van der Waals surface area contributed by atoms with Crippen molar-refractivity contribution in [3.63, 3.8) is 0 Å². The van der Waals surface area contributed by atoms with E-state index in [1.54, 1.807) is 11.5 Å². The van der Waals surface area contributed by atoms with Crippen LogP contribution in [-0.2, 0) is 9.59 Å². The van der Waals surface area contributed by atoms with Gasteiger partial charge in [-0.2, -0.15) is 0 Å². The third-order valence-corrected chi connectivity index (χ3v) is 6.02. The topological polar surface area (TPSA) is 105 Å². The molecule has 0 fully saturated rings. The van der Waals surface area contributed by atoms with Crippen LogP contribution in [0.1, 0.15) is 32.1 Å². The van der Waals surface area contributed by atoms with Crippen molar-refractivity contribution in [3.05, 3.63) is 23.2 Å². The standard InChI is InChI=1S/C15H18ClN3O3S2/c16-9-6-7-10-12(8-9)24-15(18-10)23-11(14(17)21)4-2-1-3-5-13(20)19-22/h6-8,11,22H,1-5H2,(H2,17,21)(H,19,20). The van der Waals surface area contributed by atoms with Crippen molar-refractivity contribution >= 4 is 56.7 Å².